The number of benzene rings is 9. The molecule has 0 N–H and O–H groups in total. The fraction of sp³-hybridized carbons (Fsp3) is 0. The van der Waals surface area contributed by atoms with Crippen LogP contribution in [0, 0.1) is 22.7 Å². The molecule has 10 rings (SSSR count). The Bertz CT molecular complexity index is 2870. The minimum atomic E-state index is 0.602. The Kier molecular flexibility index (Phi) is 7.58. The molecule has 0 saturated heterocycles. The number of anilines is 3. The SMILES string of the molecule is N#Cc1ccc(N(c2ccc(C#N)cc2)c2cccc(-c3ccc4c5c(cccc35)-c3c-4c(-c4ccccc4)c4ccccc4c3-c3ccccc3)c2)cc1. The Morgan fingerprint density at radius 1 is 0.327 bits per heavy atom. The highest BCUT2D eigenvalue weighted by molar-refractivity contribution is 6.28. The maximum atomic E-state index is 9.51. The quantitative estimate of drug-likeness (QED) is 0.174. The first-order chi connectivity index (χ1) is 27.2. The van der Waals surface area contributed by atoms with Crippen molar-refractivity contribution in [3.63, 3.8) is 0 Å². The summed E-state index contributed by atoms with van der Waals surface area (Å²) >= 11 is 0. The van der Waals surface area contributed by atoms with E-state index in [1.165, 1.54) is 66.1 Å². The molecule has 0 unspecified atom stereocenters. The summed E-state index contributed by atoms with van der Waals surface area (Å²) in [5, 5.41) is 24.0. The van der Waals surface area contributed by atoms with E-state index in [-0.39, 0.29) is 0 Å². The number of nitriles is 2. The first-order valence-electron chi connectivity index (χ1n) is 18.4. The molecule has 0 aromatic heterocycles. The van der Waals surface area contributed by atoms with Crippen molar-refractivity contribution in [2.75, 3.05) is 4.90 Å². The van der Waals surface area contributed by atoms with Crippen molar-refractivity contribution in [1.82, 2.24) is 0 Å². The predicted molar refractivity (Wildman–Crippen MR) is 226 cm³/mol. The van der Waals surface area contributed by atoms with Crippen molar-refractivity contribution in [3.05, 3.63) is 199 Å². The Morgan fingerprint density at radius 2 is 0.782 bits per heavy atom. The van der Waals surface area contributed by atoms with E-state index in [2.05, 4.69) is 157 Å². The predicted octanol–water partition coefficient (Wildman–Crippen LogP) is 13.9. The van der Waals surface area contributed by atoms with Crippen molar-refractivity contribution >= 4 is 38.6 Å². The highest BCUT2D eigenvalue weighted by Crippen LogP contribution is 2.58. The molecule has 1 aliphatic carbocycles. The topological polar surface area (TPSA) is 50.8 Å². The van der Waals surface area contributed by atoms with Crippen molar-refractivity contribution < 1.29 is 0 Å². The van der Waals surface area contributed by atoms with Gasteiger partial charge in [-0.25, -0.2) is 0 Å². The molecule has 0 saturated carbocycles. The van der Waals surface area contributed by atoms with Crippen molar-refractivity contribution in [1.29, 1.82) is 10.5 Å². The van der Waals surface area contributed by atoms with E-state index >= 15 is 0 Å². The summed E-state index contributed by atoms with van der Waals surface area (Å²) in [4.78, 5) is 2.17. The first kappa shape index (κ1) is 32.0. The van der Waals surface area contributed by atoms with Crippen LogP contribution in [0.25, 0.3) is 77.2 Å². The summed E-state index contributed by atoms with van der Waals surface area (Å²) in [6, 6.07) is 70.2. The van der Waals surface area contributed by atoms with Gasteiger partial charge in [0.05, 0.1) is 23.3 Å². The lowest BCUT2D eigenvalue weighted by Gasteiger charge is -2.26. The Balaban J connectivity index is 1.21. The molecule has 3 heteroatoms. The van der Waals surface area contributed by atoms with Gasteiger partial charge in [0.15, 0.2) is 0 Å². The van der Waals surface area contributed by atoms with Crippen LogP contribution < -0.4 is 4.90 Å². The van der Waals surface area contributed by atoms with Gasteiger partial charge in [0.1, 0.15) is 0 Å². The molecular formula is C52H31N3. The summed E-state index contributed by atoms with van der Waals surface area (Å²) in [6.45, 7) is 0. The maximum absolute atomic E-state index is 9.51. The van der Waals surface area contributed by atoms with Crippen LogP contribution in [0.15, 0.2) is 188 Å². The number of rotatable bonds is 6. The third-order valence-corrected chi connectivity index (χ3v) is 10.8. The fourth-order valence-corrected chi connectivity index (χ4v) is 8.49. The lowest BCUT2D eigenvalue weighted by Crippen LogP contribution is -2.10. The van der Waals surface area contributed by atoms with Gasteiger partial charge in [-0.3, -0.25) is 0 Å². The fourth-order valence-electron chi connectivity index (χ4n) is 8.49. The summed E-state index contributed by atoms with van der Waals surface area (Å²) in [5.41, 5.74) is 16.3. The molecule has 0 atom stereocenters. The van der Waals surface area contributed by atoms with Crippen molar-refractivity contribution in [2.24, 2.45) is 0 Å². The molecule has 9 aromatic carbocycles. The average molecular weight is 698 g/mol. The highest BCUT2D eigenvalue weighted by Gasteiger charge is 2.31. The maximum Gasteiger partial charge on any atom is 0.0991 e. The zero-order chi connectivity index (χ0) is 36.9. The van der Waals surface area contributed by atoms with E-state index in [1.807, 2.05) is 48.5 Å². The van der Waals surface area contributed by atoms with Gasteiger partial charge in [0.25, 0.3) is 0 Å². The lowest BCUT2D eigenvalue weighted by atomic mass is 9.82. The van der Waals surface area contributed by atoms with E-state index in [4.69, 9.17) is 0 Å². The molecule has 9 aromatic rings. The molecule has 0 amide bonds. The standard InChI is InChI=1S/C52H31N3/c53-32-34-21-25-39(26-22-34)55(40-27-23-35(33-54)24-28-40)41-16-9-15-38(31-41)42-29-30-47-50-43(42)19-10-20-46(50)51-48(36-11-3-1-4-12-36)44-17-7-8-18-45(44)49(52(47)51)37-13-5-2-6-14-37/h1-31H. The molecule has 0 bridgehead atoms. The molecule has 1 aliphatic rings. The van der Waals surface area contributed by atoms with Gasteiger partial charge in [-0.15, -0.1) is 0 Å². The zero-order valence-electron chi connectivity index (χ0n) is 29.7. The second kappa shape index (κ2) is 13.0. The van der Waals surface area contributed by atoms with Crippen LogP contribution in [0.4, 0.5) is 17.1 Å². The van der Waals surface area contributed by atoms with E-state index < -0.39 is 0 Å². The summed E-state index contributed by atoms with van der Waals surface area (Å²) in [7, 11) is 0. The van der Waals surface area contributed by atoms with Gasteiger partial charge in [-0.05, 0) is 138 Å². The van der Waals surface area contributed by atoms with Crippen LogP contribution in [0.1, 0.15) is 11.1 Å². The van der Waals surface area contributed by atoms with Gasteiger partial charge >= 0.3 is 0 Å². The molecule has 0 aliphatic heterocycles. The molecule has 254 valence electrons. The van der Waals surface area contributed by atoms with Gasteiger partial charge in [-0.1, -0.05) is 127 Å². The molecule has 0 radical (unpaired) electrons. The van der Waals surface area contributed by atoms with Crippen LogP contribution in [0.5, 0.6) is 0 Å². The van der Waals surface area contributed by atoms with E-state index in [9.17, 15) is 10.5 Å². The molecule has 0 heterocycles. The molecule has 3 nitrogen and oxygen atoms in total. The normalized spacial score (nSPS) is 11.2. The smallest absolute Gasteiger partial charge is 0.0991 e. The van der Waals surface area contributed by atoms with Crippen LogP contribution in [-0.4, -0.2) is 0 Å². The molecule has 0 fully saturated rings. The van der Waals surface area contributed by atoms with Gasteiger partial charge in [-0.2, -0.15) is 10.5 Å². The van der Waals surface area contributed by atoms with Crippen molar-refractivity contribution in [2.45, 2.75) is 0 Å². The van der Waals surface area contributed by atoms with Gasteiger partial charge in [0, 0.05) is 17.1 Å². The average Bonchev–Trinajstić information content (AvgIpc) is 3.59. The van der Waals surface area contributed by atoms with E-state index in [1.54, 1.807) is 0 Å². The largest absolute Gasteiger partial charge is 0.310 e. The van der Waals surface area contributed by atoms with Crippen LogP contribution in [0.3, 0.4) is 0 Å². The van der Waals surface area contributed by atoms with Gasteiger partial charge in [0.2, 0.25) is 0 Å². The number of hydrogen-bond donors (Lipinski definition) is 0. The van der Waals surface area contributed by atoms with Gasteiger partial charge < -0.3 is 4.90 Å². The first-order valence-corrected chi connectivity index (χ1v) is 18.4. The minimum Gasteiger partial charge on any atom is -0.310 e. The van der Waals surface area contributed by atoms with E-state index in [0.29, 0.717) is 11.1 Å². The lowest BCUT2D eigenvalue weighted by molar-refractivity contribution is 1.28. The van der Waals surface area contributed by atoms with Crippen LogP contribution in [0.2, 0.25) is 0 Å². The summed E-state index contributed by atoms with van der Waals surface area (Å²) < 4.78 is 0. The summed E-state index contributed by atoms with van der Waals surface area (Å²) in [5.74, 6) is 0. The number of hydrogen-bond acceptors (Lipinski definition) is 3. The molecule has 0 spiro atoms. The Morgan fingerprint density at radius 3 is 1.33 bits per heavy atom. The van der Waals surface area contributed by atoms with Crippen molar-refractivity contribution in [3.8, 4) is 67.8 Å². The number of fused-ring (bicyclic) bond motifs is 4. The third kappa shape index (κ3) is 5.19. The second-order valence-electron chi connectivity index (χ2n) is 13.9. The van der Waals surface area contributed by atoms with Crippen LogP contribution in [-0.2, 0) is 0 Å². The monoisotopic (exact) mass is 697 g/mol. The molecular weight excluding hydrogens is 667 g/mol. The Labute approximate surface area is 319 Å². The van der Waals surface area contributed by atoms with E-state index in [0.717, 1.165) is 28.2 Å². The van der Waals surface area contributed by atoms with Crippen LogP contribution >= 0.6 is 0 Å². The summed E-state index contributed by atoms with van der Waals surface area (Å²) in [6.07, 6.45) is 0. The number of nitrogens with zero attached hydrogens (tertiary/aromatic N) is 3. The highest BCUT2D eigenvalue weighted by atomic mass is 15.1. The zero-order valence-corrected chi connectivity index (χ0v) is 29.7. The minimum absolute atomic E-state index is 0.602. The second-order valence-corrected chi connectivity index (χ2v) is 13.9. The Hall–Kier alpha value is -7.72. The third-order valence-electron chi connectivity index (χ3n) is 10.8. The molecule has 55 heavy (non-hydrogen) atoms.